The van der Waals surface area contributed by atoms with Gasteiger partial charge < -0.3 is 18.8 Å². The zero-order valence-corrected chi connectivity index (χ0v) is 27.0. The summed E-state index contributed by atoms with van der Waals surface area (Å²) in [5.41, 5.74) is 1.82. The lowest BCUT2D eigenvalue weighted by molar-refractivity contribution is -0.0592. The molecule has 4 heterocycles. The smallest absolute Gasteiger partial charge is 0.338 e. The lowest BCUT2D eigenvalue weighted by atomic mass is 9.76. The summed E-state index contributed by atoms with van der Waals surface area (Å²) < 4.78 is 33.6. The molecule has 0 bridgehead atoms. The highest BCUT2D eigenvalue weighted by atomic mass is 35.5. The van der Waals surface area contributed by atoms with Crippen LogP contribution in [-0.4, -0.2) is 56.8 Å². The first-order valence-electron chi connectivity index (χ1n) is 15.5. The summed E-state index contributed by atoms with van der Waals surface area (Å²) in [4.78, 5) is 24.8. The molecule has 0 aliphatic carbocycles. The zero-order valence-electron chi connectivity index (χ0n) is 26.3. The molecule has 0 saturated carbocycles. The molecule has 11 heteroatoms. The molecule has 6 rings (SSSR count). The number of fused-ring (bicyclic) bond motifs is 1. The fourth-order valence-corrected chi connectivity index (χ4v) is 6.02. The number of hydrogen-bond acceptors (Lipinski definition) is 8. The van der Waals surface area contributed by atoms with Gasteiger partial charge in [-0.15, -0.1) is 0 Å². The second kappa shape index (κ2) is 13.0. The van der Waals surface area contributed by atoms with E-state index < -0.39 is 16.8 Å². The number of benzene rings is 2. The highest BCUT2D eigenvalue weighted by Gasteiger charge is 2.38. The maximum atomic E-state index is 14.2. The maximum absolute atomic E-state index is 14.2. The molecule has 2 aromatic heterocycles. The number of likely N-dealkylation sites (tertiary alicyclic amines) is 1. The number of halogens is 2. The molecule has 46 heavy (non-hydrogen) atoms. The van der Waals surface area contributed by atoms with Gasteiger partial charge in [0.2, 0.25) is 5.88 Å². The van der Waals surface area contributed by atoms with Crippen molar-refractivity contribution in [2.75, 3.05) is 19.7 Å². The number of nitrogens with zero attached hydrogens (tertiary/aromatic N) is 5. The summed E-state index contributed by atoms with van der Waals surface area (Å²) >= 11 is 5.86. The van der Waals surface area contributed by atoms with Gasteiger partial charge in [-0.2, -0.15) is 5.26 Å². The molecule has 9 nitrogen and oxygen atoms in total. The summed E-state index contributed by atoms with van der Waals surface area (Å²) in [5, 5.41) is 10.7. The average molecular weight is 646 g/mol. The SMILES string of the molecule is CC(C)(C)OC(=O)c1ccc2nc(CN3CCC(C#N)(c4cccc(OCc5ccc(Cl)cc5F)n4)CC3)n(C[C@@H]3CCO3)c2c1. The Morgan fingerprint density at radius 1 is 1.15 bits per heavy atom. The van der Waals surface area contributed by atoms with Crippen LogP contribution in [0.5, 0.6) is 5.88 Å². The highest BCUT2D eigenvalue weighted by Crippen LogP contribution is 2.36. The van der Waals surface area contributed by atoms with Gasteiger partial charge in [-0.25, -0.2) is 19.2 Å². The van der Waals surface area contributed by atoms with E-state index in [2.05, 4.69) is 20.5 Å². The van der Waals surface area contributed by atoms with E-state index in [1.807, 2.05) is 45.0 Å². The minimum absolute atomic E-state index is 0.00104. The number of carbonyl (C=O) groups excluding carboxylic acids is 1. The molecule has 2 saturated heterocycles. The third-order valence-corrected chi connectivity index (χ3v) is 8.77. The van der Waals surface area contributed by atoms with Crippen LogP contribution in [0.1, 0.15) is 67.5 Å². The van der Waals surface area contributed by atoms with Crippen molar-refractivity contribution in [1.82, 2.24) is 19.4 Å². The topological polar surface area (TPSA) is 103 Å². The van der Waals surface area contributed by atoms with Gasteiger partial charge in [0.1, 0.15) is 29.3 Å². The number of pyridine rings is 1. The number of hydrogen-bond donors (Lipinski definition) is 0. The molecule has 0 spiro atoms. The maximum Gasteiger partial charge on any atom is 0.338 e. The van der Waals surface area contributed by atoms with Gasteiger partial charge in [0.25, 0.3) is 0 Å². The molecule has 1 atom stereocenters. The largest absolute Gasteiger partial charge is 0.473 e. The number of ether oxygens (including phenoxy) is 3. The second-order valence-corrected chi connectivity index (χ2v) is 13.4. The van der Waals surface area contributed by atoms with Crippen LogP contribution in [0.4, 0.5) is 4.39 Å². The summed E-state index contributed by atoms with van der Waals surface area (Å²) in [6, 6.07) is 17.9. The molecule has 2 fully saturated rings. The monoisotopic (exact) mass is 645 g/mol. The van der Waals surface area contributed by atoms with Crippen LogP contribution in [0.25, 0.3) is 11.0 Å². The molecule has 0 N–H and O–H groups in total. The Balaban J connectivity index is 1.17. The zero-order chi connectivity index (χ0) is 32.5. The summed E-state index contributed by atoms with van der Waals surface area (Å²) in [7, 11) is 0. The molecule has 240 valence electrons. The fraction of sp³-hybridized carbons (Fsp3) is 0.429. The Bertz CT molecular complexity index is 1780. The average Bonchev–Trinajstić information content (AvgIpc) is 3.34. The number of imidazole rings is 1. The number of esters is 1. The van der Waals surface area contributed by atoms with Gasteiger partial charge in [-0.1, -0.05) is 23.7 Å². The minimum atomic E-state index is -0.774. The Morgan fingerprint density at radius 3 is 2.61 bits per heavy atom. The molecular weight excluding hydrogens is 609 g/mol. The molecule has 4 aromatic rings. The predicted molar refractivity (Wildman–Crippen MR) is 171 cm³/mol. The Hall–Kier alpha value is -4.04. The number of piperidine rings is 1. The van der Waals surface area contributed by atoms with E-state index in [9.17, 15) is 14.4 Å². The second-order valence-electron chi connectivity index (χ2n) is 13.0. The van der Waals surface area contributed by atoms with Crippen molar-refractivity contribution in [3.63, 3.8) is 0 Å². The van der Waals surface area contributed by atoms with Crippen molar-refractivity contribution < 1.29 is 23.4 Å². The van der Waals surface area contributed by atoms with E-state index >= 15 is 0 Å². The van der Waals surface area contributed by atoms with Crippen LogP contribution in [0.3, 0.4) is 0 Å². The van der Waals surface area contributed by atoms with Gasteiger partial charge in [-0.3, -0.25) is 4.90 Å². The molecule has 2 aromatic carbocycles. The number of nitriles is 1. The van der Waals surface area contributed by atoms with E-state index in [1.165, 1.54) is 6.07 Å². The highest BCUT2D eigenvalue weighted by molar-refractivity contribution is 6.30. The lowest BCUT2D eigenvalue weighted by Crippen LogP contribution is -2.42. The van der Waals surface area contributed by atoms with E-state index in [0.29, 0.717) is 66.7 Å². The molecule has 0 radical (unpaired) electrons. The first-order chi connectivity index (χ1) is 22.0. The van der Waals surface area contributed by atoms with E-state index in [0.717, 1.165) is 29.9 Å². The standard InChI is InChI=1S/C35H37ClFN5O4/c1-34(2,3)46-33(43)23-8-10-28-29(17-23)42(19-26-11-16-44-26)31(39-28)20-41-14-12-35(22-38,13-15-41)30-5-4-6-32(40-30)45-21-24-7-9-25(36)18-27(24)37/h4-10,17-18,26H,11-16,19-21H2,1-3H3/t26-/m0/s1. The van der Waals surface area contributed by atoms with Gasteiger partial charge in [0, 0.05) is 36.3 Å². The van der Waals surface area contributed by atoms with Crippen molar-refractivity contribution in [3.8, 4) is 11.9 Å². The van der Waals surface area contributed by atoms with Crippen LogP contribution in [0, 0.1) is 17.1 Å². The van der Waals surface area contributed by atoms with Crippen LogP contribution in [0.15, 0.2) is 54.6 Å². The Morgan fingerprint density at radius 2 is 1.93 bits per heavy atom. The number of rotatable bonds is 9. The Kier molecular flexibility index (Phi) is 9.01. The van der Waals surface area contributed by atoms with Crippen LogP contribution in [0.2, 0.25) is 5.02 Å². The number of aromatic nitrogens is 3. The third-order valence-electron chi connectivity index (χ3n) is 8.53. The lowest BCUT2D eigenvalue weighted by Gasteiger charge is -2.37. The van der Waals surface area contributed by atoms with Crippen LogP contribution in [-0.2, 0) is 34.6 Å². The molecule has 2 aliphatic heterocycles. The van der Waals surface area contributed by atoms with E-state index in [-0.39, 0.29) is 18.7 Å². The van der Waals surface area contributed by atoms with Crippen molar-refractivity contribution in [1.29, 1.82) is 5.26 Å². The van der Waals surface area contributed by atoms with Crippen LogP contribution >= 0.6 is 11.6 Å². The molecular formula is C35H37ClFN5O4. The fourth-order valence-electron chi connectivity index (χ4n) is 5.86. The van der Waals surface area contributed by atoms with Gasteiger partial charge in [-0.05, 0) is 76.4 Å². The molecule has 0 amide bonds. The first kappa shape index (κ1) is 31.9. The summed E-state index contributed by atoms with van der Waals surface area (Å²) in [6.45, 7) is 8.88. The number of carbonyl (C=O) groups is 1. The van der Waals surface area contributed by atoms with Crippen molar-refractivity contribution in [2.24, 2.45) is 0 Å². The van der Waals surface area contributed by atoms with Crippen molar-refractivity contribution in [2.45, 2.75) is 76.9 Å². The van der Waals surface area contributed by atoms with Crippen molar-refractivity contribution >= 4 is 28.6 Å². The summed E-state index contributed by atoms with van der Waals surface area (Å²) in [6.07, 6.45) is 2.25. The van der Waals surface area contributed by atoms with Crippen LogP contribution < -0.4 is 4.74 Å². The van der Waals surface area contributed by atoms with E-state index in [4.69, 9.17) is 30.8 Å². The predicted octanol–water partition coefficient (Wildman–Crippen LogP) is 6.60. The van der Waals surface area contributed by atoms with E-state index in [1.54, 1.807) is 24.3 Å². The summed E-state index contributed by atoms with van der Waals surface area (Å²) in [5.74, 6) is 0.412. The minimum Gasteiger partial charge on any atom is -0.473 e. The van der Waals surface area contributed by atoms with Gasteiger partial charge in [0.05, 0.1) is 47.6 Å². The van der Waals surface area contributed by atoms with Gasteiger partial charge >= 0.3 is 5.97 Å². The normalized spacial score (nSPS) is 18.1. The first-order valence-corrected chi connectivity index (χ1v) is 15.9. The molecule has 0 unspecified atom stereocenters. The quantitative estimate of drug-likeness (QED) is 0.188. The molecule has 2 aliphatic rings. The third kappa shape index (κ3) is 7.02. The van der Waals surface area contributed by atoms with Crippen molar-refractivity contribution in [3.05, 3.63) is 88.1 Å². The van der Waals surface area contributed by atoms with Gasteiger partial charge in [0.15, 0.2) is 0 Å². The Labute approximate surface area is 272 Å².